The van der Waals surface area contributed by atoms with Gasteiger partial charge in [-0.05, 0) is 37.4 Å². The van der Waals surface area contributed by atoms with Crippen molar-refractivity contribution in [1.82, 2.24) is 14.9 Å². The van der Waals surface area contributed by atoms with Crippen LogP contribution >= 0.6 is 0 Å². The van der Waals surface area contributed by atoms with Gasteiger partial charge in [-0.15, -0.1) is 0 Å². The van der Waals surface area contributed by atoms with Gasteiger partial charge in [0.2, 0.25) is 0 Å². The number of nitrogens with one attached hydrogen (secondary N) is 1. The number of aromatic nitrogens is 2. The molecular weight excluding hydrogens is 316 g/mol. The topological polar surface area (TPSA) is 76.4 Å². The summed E-state index contributed by atoms with van der Waals surface area (Å²) in [6.45, 7) is 7.94. The summed E-state index contributed by atoms with van der Waals surface area (Å²) < 4.78 is 11.8. The normalized spacial score (nSPS) is 11.2. The van der Waals surface area contributed by atoms with Crippen molar-refractivity contribution >= 4 is 17.0 Å². The number of nitrogens with two attached hydrogens (primary N) is 1. The second-order valence-electron chi connectivity index (χ2n) is 5.75. The Kier molecular flexibility index (Phi) is 5.40. The summed E-state index contributed by atoms with van der Waals surface area (Å²) in [5.41, 5.74) is 7.34. The standard InChI is InChI=1S/C19H24N4O2/c1-3-23(4-2)10-11-24-14-6-5-7-15(12-14)25-16-8-9-17-18(13-16)22-19(20)21-17/h5-9,12-13H,3-4,10-11H2,1-2H3,(H3,20,21,22). The molecule has 25 heavy (non-hydrogen) atoms. The van der Waals surface area contributed by atoms with Gasteiger partial charge >= 0.3 is 0 Å². The van der Waals surface area contributed by atoms with E-state index in [0.29, 0.717) is 12.6 Å². The van der Waals surface area contributed by atoms with Gasteiger partial charge in [-0.3, -0.25) is 0 Å². The number of H-pyrrole nitrogens is 1. The first kappa shape index (κ1) is 17.1. The van der Waals surface area contributed by atoms with Crippen LogP contribution in [0.25, 0.3) is 11.0 Å². The van der Waals surface area contributed by atoms with Crippen LogP contribution in [0.1, 0.15) is 13.8 Å². The van der Waals surface area contributed by atoms with Crippen molar-refractivity contribution in [3.05, 3.63) is 42.5 Å². The lowest BCUT2D eigenvalue weighted by Gasteiger charge is -2.18. The van der Waals surface area contributed by atoms with Gasteiger partial charge in [-0.1, -0.05) is 19.9 Å². The van der Waals surface area contributed by atoms with Gasteiger partial charge in [-0.25, -0.2) is 4.98 Å². The summed E-state index contributed by atoms with van der Waals surface area (Å²) in [4.78, 5) is 9.51. The lowest BCUT2D eigenvalue weighted by Crippen LogP contribution is -2.27. The Labute approximate surface area is 147 Å². The molecule has 0 amide bonds. The van der Waals surface area contributed by atoms with E-state index in [1.54, 1.807) is 0 Å². The van der Waals surface area contributed by atoms with Crippen LogP contribution in [0.2, 0.25) is 0 Å². The number of anilines is 1. The third-order valence-corrected chi connectivity index (χ3v) is 4.08. The van der Waals surface area contributed by atoms with E-state index in [2.05, 4.69) is 28.7 Å². The van der Waals surface area contributed by atoms with Crippen LogP contribution in [0.15, 0.2) is 42.5 Å². The Balaban J connectivity index is 1.64. The number of nitrogen functional groups attached to an aromatic ring is 1. The van der Waals surface area contributed by atoms with Crippen molar-refractivity contribution < 1.29 is 9.47 Å². The maximum absolute atomic E-state index is 5.93. The van der Waals surface area contributed by atoms with Crippen LogP contribution in [0.4, 0.5) is 5.95 Å². The van der Waals surface area contributed by atoms with E-state index >= 15 is 0 Å². The SMILES string of the molecule is CCN(CC)CCOc1cccc(Oc2ccc3nc(N)[nH]c3c2)c1. The molecular formula is C19H24N4O2. The van der Waals surface area contributed by atoms with Crippen LogP contribution < -0.4 is 15.2 Å². The fourth-order valence-corrected chi connectivity index (χ4v) is 2.67. The zero-order valence-electron chi connectivity index (χ0n) is 14.7. The molecule has 0 fully saturated rings. The second kappa shape index (κ2) is 7.90. The van der Waals surface area contributed by atoms with Crippen molar-refractivity contribution in [1.29, 1.82) is 0 Å². The monoisotopic (exact) mass is 340 g/mol. The number of likely N-dealkylation sites (N-methyl/N-ethyl adjacent to an activating group) is 1. The van der Waals surface area contributed by atoms with E-state index in [1.165, 1.54) is 0 Å². The fraction of sp³-hybridized carbons (Fsp3) is 0.316. The zero-order chi connectivity index (χ0) is 17.6. The number of hydrogen-bond donors (Lipinski definition) is 2. The van der Waals surface area contributed by atoms with E-state index in [-0.39, 0.29) is 0 Å². The first-order valence-electron chi connectivity index (χ1n) is 8.56. The zero-order valence-corrected chi connectivity index (χ0v) is 14.7. The van der Waals surface area contributed by atoms with Gasteiger partial charge in [-0.2, -0.15) is 0 Å². The minimum atomic E-state index is 0.399. The van der Waals surface area contributed by atoms with Crippen molar-refractivity contribution in [2.75, 3.05) is 32.0 Å². The molecule has 132 valence electrons. The number of imidazole rings is 1. The molecule has 0 atom stereocenters. The smallest absolute Gasteiger partial charge is 0.198 e. The largest absolute Gasteiger partial charge is 0.492 e. The third-order valence-electron chi connectivity index (χ3n) is 4.08. The predicted molar refractivity (Wildman–Crippen MR) is 100 cm³/mol. The Morgan fingerprint density at radius 1 is 1.04 bits per heavy atom. The Morgan fingerprint density at radius 2 is 1.80 bits per heavy atom. The molecule has 0 unspecified atom stereocenters. The molecule has 1 heterocycles. The molecule has 3 aromatic rings. The number of aromatic amines is 1. The summed E-state index contributed by atoms with van der Waals surface area (Å²) in [7, 11) is 0. The Bertz CT molecular complexity index is 827. The summed E-state index contributed by atoms with van der Waals surface area (Å²) >= 11 is 0. The van der Waals surface area contributed by atoms with Gasteiger partial charge in [0.1, 0.15) is 23.9 Å². The molecule has 0 radical (unpaired) electrons. The molecule has 6 nitrogen and oxygen atoms in total. The lowest BCUT2D eigenvalue weighted by molar-refractivity contribution is 0.222. The van der Waals surface area contributed by atoms with Crippen molar-refractivity contribution in [3.63, 3.8) is 0 Å². The average Bonchev–Trinajstić information content (AvgIpc) is 2.98. The summed E-state index contributed by atoms with van der Waals surface area (Å²) in [5.74, 6) is 2.65. The maximum Gasteiger partial charge on any atom is 0.198 e. The molecule has 3 N–H and O–H groups in total. The molecule has 2 aromatic carbocycles. The van der Waals surface area contributed by atoms with Crippen LogP contribution in [0, 0.1) is 0 Å². The minimum Gasteiger partial charge on any atom is -0.492 e. The number of rotatable bonds is 8. The summed E-state index contributed by atoms with van der Waals surface area (Å²) in [6, 6.07) is 13.3. The molecule has 6 heteroatoms. The molecule has 1 aromatic heterocycles. The van der Waals surface area contributed by atoms with E-state index in [0.717, 1.165) is 47.9 Å². The molecule has 0 aliphatic heterocycles. The van der Waals surface area contributed by atoms with Gasteiger partial charge in [0.15, 0.2) is 5.95 Å². The fourth-order valence-electron chi connectivity index (χ4n) is 2.67. The van der Waals surface area contributed by atoms with Crippen molar-refractivity contribution in [3.8, 4) is 17.2 Å². The van der Waals surface area contributed by atoms with Crippen LogP contribution in [-0.2, 0) is 0 Å². The quantitative estimate of drug-likeness (QED) is 0.654. The van der Waals surface area contributed by atoms with Crippen LogP contribution in [0.3, 0.4) is 0 Å². The number of benzene rings is 2. The highest BCUT2D eigenvalue weighted by Crippen LogP contribution is 2.27. The van der Waals surface area contributed by atoms with Crippen LogP contribution in [0.5, 0.6) is 17.2 Å². The maximum atomic E-state index is 5.93. The van der Waals surface area contributed by atoms with Crippen LogP contribution in [-0.4, -0.2) is 41.1 Å². The van der Waals surface area contributed by atoms with Gasteiger partial charge in [0, 0.05) is 18.7 Å². The average molecular weight is 340 g/mol. The summed E-state index contributed by atoms with van der Waals surface area (Å²) in [5, 5.41) is 0. The molecule has 0 spiro atoms. The number of hydrogen-bond acceptors (Lipinski definition) is 5. The second-order valence-corrected chi connectivity index (χ2v) is 5.75. The first-order valence-corrected chi connectivity index (χ1v) is 8.56. The number of fused-ring (bicyclic) bond motifs is 1. The Hall–Kier alpha value is -2.73. The van der Waals surface area contributed by atoms with Gasteiger partial charge < -0.3 is 25.1 Å². The molecule has 0 bridgehead atoms. The summed E-state index contributed by atoms with van der Waals surface area (Å²) in [6.07, 6.45) is 0. The van der Waals surface area contributed by atoms with Crippen molar-refractivity contribution in [2.24, 2.45) is 0 Å². The molecule has 0 aliphatic carbocycles. The van der Waals surface area contributed by atoms with E-state index in [4.69, 9.17) is 15.2 Å². The van der Waals surface area contributed by atoms with Crippen molar-refractivity contribution in [2.45, 2.75) is 13.8 Å². The van der Waals surface area contributed by atoms with Gasteiger partial charge in [0.25, 0.3) is 0 Å². The van der Waals surface area contributed by atoms with Gasteiger partial charge in [0.05, 0.1) is 11.0 Å². The number of nitrogens with zero attached hydrogens (tertiary/aromatic N) is 2. The molecule has 3 rings (SSSR count). The predicted octanol–water partition coefficient (Wildman–Crippen LogP) is 3.66. The highest BCUT2D eigenvalue weighted by atomic mass is 16.5. The minimum absolute atomic E-state index is 0.399. The van der Waals surface area contributed by atoms with E-state index < -0.39 is 0 Å². The lowest BCUT2D eigenvalue weighted by atomic mass is 10.3. The Morgan fingerprint density at radius 3 is 2.60 bits per heavy atom. The molecule has 0 saturated carbocycles. The highest BCUT2D eigenvalue weighted by Gasteiger charge is 2.05. The molecule has 0 aliphatic rings. The number of ether oxygens (including phenoxy) is 2. The third kappa shape index (κ3) is 4.42. The van der Waals surface area contributed by atoms with E-state index in [9.17, 15) is 0 Å². The molecule has 0 saturated heterocycles. The highest BCUT2D eigenvalue weighted by molar-refractivity contribution is 5.78. The first-order chi connectivity index (χ1) is 12.2. The van der Waals surface area contributed by atoms with E-state index in [1.807, 2.05) is 42.5 Å².